The predicted octanol–water partition coefficient (Wildman–Crippen LogP) is -0.0753. The molecule has 0 unspecified atom stereocenters. The van der Waals surface area contributed by atoms with E-state index >= 15 is 0 Å². The van der Waals surface area contributed by atoms with Crippen LogP contribution in [0.1, 0.15) is 12.5 Å². The third kappa shape index (κ3) is 3.70. The quantitative estimate of drug-likeness (QED) is 0.667. The average molecular weight is 222 g/mol. The topological polar surface area (TPSA) is 92.4 Å². The van der Waals surface area contributed by atoms with Crippen molar-refractivity contribution >= 4 is 11.8 Å². The molecule has 0 aliphatic rings. The molecule has 16 heavy (non-hydrogen) atoms. The molecule has 0 fully saturated rings. The van der Waals surface area contributed by atoms with Gasteiger partial charge in [0.15, 0.2) is 0 Å². The summed E-state index contributed by atoms with van der Waals surface area (Å²) in [5, 5.41) is 11.2. The maximum atomic E-state index is 11.3. The van der Waals surface area contributed by atoms with Gasteiger partial charge in [-0.1, -0.05) is 12.1 Å². The minimum atomic E-state index is -0.770. The molecule has 0 aliphatic carbocycles. The Morgan fingerprint density at radius 2 is 1.94 bits per heavy atom. The highest BCUT2D eigenvalue weighted by Gasteiger charge is 2.14. The lowest BCUT2D eigenvalue weighted by atomic mass is 10.1. The molecular formula is C11H14N2O3. The van der Waals surface area contributed by atoms with Crippen LogP contribution in [0.2, 0.25) is 0 Å². The predicted molar refractivity (Wildman–Crippen MR) is 58.6 cm³/mol. The second-order valence-electron chi connectivity index (χ2n) is 3.52. The summed E-state index contributed by atoms with van der Waals surface area (Å²) in [6.07, 6.45) is 0.319. The second-order valence-corrected chi connectivity index (χ2v) is 3.52. The number of carbonyl (C=O) groups excluding carboxylic acids is 2. The van der Waals surface area contributed by atoms with Crippen LogP contribution in [0.5, 0.6) is 5.75 Å². The van der Waals surface area contributed by atoms with E-state index in [1.807, 2.05) is 0 Å². The number of hydrogen-bond acceptors (Lipinski definition) is 4. The molecule has 1 atom stereocenters. The van der Waals surface area contributed by atoms with Crippen LogP contribution in [-0.2, 0) is 16.0 Å². The summed E-state index contributed by atoms with van der Waals surface area (Å²) in [4.78, 5) is 22.0. The van der Waals surface area contributed by atoms with Gasteiger partial charge in [0.1, 0.15) is 5.75 Å². The summed E-state index contributed by atoms with van der Waals surface area (Å²) in [6.45, 7) is 1.26. The highest BCUT2D eigenvalue weighted by molar-refractivity contribution is 5.96. The number of phenols is 1. The lowest BCUT2D eigenvalue weighted by Gasteiger charge is -2.10. The lowest BCUT2D eigenvalue weighted by Crippen LogP contribution is -2.43. The van der Waals surface area contributed by atoms with Gasteiger partial charge >= 0.3 is 0 Å². The van der Waals surface area contributed by atoms with Gasteiger partial charge < -0.3 is 10.8 Å². The van der Waals surface area contributed by atoms with E-state index in [1.165, 1.54) is 19.1 Å². The Bertz CT molecular complexity index is 387. The van der Waals surface area contributed by atoms with Crippen LogP contribution in [0.3, 0.4) is 0 Å². The normalized spacial score (nSPS) is 11.9. The summed E-state index contributed by atoms with van der Waals surface area (Å²) in [7, 11) is 0. The largest absolute Gasteiger partial charge is 0.508 e. The molecule has 5 nitrogen and oxygen atoms in total. The van der Waals surface area contributed by atoms with Crippen LogP contribution in [0.4, 0.5) is 0 Å². The summed E-state index contributed by atoms with van der Waals surface area (Å²) >= 11 is 0. The van der Waals surface area contributed by atoms with Crippen LogP contribution in [0.25, 0.3) is 0 Å². The first-order valence-corrected chi connectivity index (χ1v) is 4.84. The zero-order valence-corrected chi connectivity index (χ0v) is 8.93. The van der Waals surface area contributed by atoms with E-state index in [9.17, 15) is 9.59 Å². The van der Waals surface area contributed by atoms with Crippen molar-refractivity contribution in [1.29, 1.82) is 0 Å². The fourth-order valence-electron chi connectivity index (χ4n) is 1.24. The summed E-state index contributed by atoms with van der Waals surface area (Å²) in [6, 6.07) is 5.62. The van der Waals surface area contributed by atoms with Crippen molar-refractivity contribution in [3.05, 3.63) is 29.8 Å². The van der Waals surface area contributed by atoms with Gasteiger partial charge in [-0.2, -0.15) is 0 Å². The van der Waals surface area contributed by atoms with Gasteiger partial charge in [0.25, 0.3) is 0 Å². The molecule has 0 bridgehead atoms. The van der Waals surface area contributed by atoms with E-state index in [2.05, 4.69) is 5.32 Å². The van der Waals surface area contributed by atoms with Crippen LogP contribution in [-0.4, -0.2) is 23.0 Å². The molecular weight excluding hydrogens is 208 g/mol. The third-order valence-corrected chi connectivity index (χ3v) is 2.03. The van der Waals surface area contributed by atoms with Gasteiger partial charge in [0.05, 0.1) is 6.04 Å². The first kappa shape index (κ1) is 12.2. The standard InChI is InChI=1S/C11H14N2O3/c1-7(14)13-11(16)10(12)6-8-2-4-9(15)5-3-8/h2-5,10,15H,6,12H2,1H3,(H,13,14,16)/t10-/m0/s1. The minimum Gasteiger partial charge on any atom is -0.508 e. The molecule has 86 valence electrons. The first-order chi connectivity index (χ1) is 7.49. The molecule has 5 heteroatoms. The van der Waals surface area contributed by atoms with E-state index in [0.717, 1.165) is 5.56 Å². The number of imide groups is 1. The van der Waals surface area contributed by atoms with Gasteiger partial charge in [0.2, 0.25) is 11.8 Å². The molecule has 0 saturated carbocycles. The highest BCUT2D eigenvalue weighted by atomic mass is 16.3. The minimum absolute atomic E-state index is 0.158. The lowest BCUT2D eigenvalue weighted by molar-refractivity contribution is -0.130. The third-order valence-electron chi connectivity index (χ3n) is 2.03. The van der Waals surface area contributed by atoms with Gasteiger partial charge in [0, 0.05) is 6.92 Å². The van der Waals surface area contributed by atoms with Crippen molar-refractivity contribution in [2.45, 2.75) is 19.4 Å². The summed E-state index contributed by atoms with van der Waals surface area (Å²) in [5.74, 6) is -0.766. The number of hydrogen-bond donors (Lipinski definition) is 3. The van der Waals surface area contributed by atoms with Crippen molar-refractivity contribution in [1.82, 2.24) is 5.32 Å². The number of aromatic hydroxyl groups is 1. The number of nitrogens with two attached hydrogens (primary N) is 1. The first-order valence-electron chi connectivity index (χ1n) is 4.84. The smallest absolute Gasteiger partial charge is 0.243 e. The van der Waals surface area contributed by atoms with E-state index < -0.39 is 17.9 Å². The van der Waals surface area contributed by atoms with Crippen molar-refractivity contribution in [3.8, 4) is 5.75 Å². The van der Waals surface area contributed by atoms with Gasteiger partial charge in [-0.3, -0.25) is 14.9 Å². The van der Waals surface area contributed by atoms with Crippen molar-refractivity contribution < 1.29 is 14.7 Å². The molecule has 2 amide bonds. The number of amides is 2. The van der Waals surface area contributed by atoms with E-state index in [-0.39, 0.29) is 5.75 Å². The van der Waals surface area contributed by atoms with E-state index in [4.69, 9.17) is 10.8 Å². The number of nitrogens with one attached hydrogen (secondary N) is 1. The zero-order chi connectivity index (χ0) is 12.1. The number of benzene rings is 1. The molecule has 0 radical (unpaired) electrons. The Kier molecular flexibility index (Phi) is 4.02. The fourth-order valence-corrected chi connectivity index (χ4v) is 1.24. The van der Waals surface area contributed by atoms with Crippen molar-refractivity contribution in [3.63, 3.8) is 0 Å². The van der Waals surface area contributed by atoms with Crippen LogP contribution in [0.15, 0.2) is 24.3 Å². The van der Waals surface area contributed by atoms with Gasteiger partial charge in [-0.05, 0) is 24.1 Å². The molecule has 0 aromatic heterocycles. The Morgan fingerprint density at radius 1 is 1.38 bits per heavy atom. The molecule has 0 spiro atoms. The maximum absolute atomic E-state index is 11.3. The average Bonchev–Trinajstić information content (AvgIpc) is 2.20. The Labute approximate surface area is 93.3 Å². The van der Waals surface area contributed by atoms with Crippen LogP contribution >= 0.6 is 0 Å². The van der Waals surface area contributed by atoms with Gasteiger partial charge in [-0.15, -0.1) is 0 Å². The van der Waals surface area contributed by atoms with Crippen LogP contribution < -0.4 is 11.1 Å². The molecule has 1 aromatic rings. The SMILES string of the molecule is CC(=O)NC(=O)[C@@H](N)Cc1ccc(O)cc1. The number of carbonyl (C=O) groups is 2. The number of phenolic OH excluding ortho intramolecular Hbond substituents is 1. The molecule has 4 N–H and O–H groups in total. The van der Waals surface area contributed by atoms with Gasteiger partial charge in [-0.25, -0.2) is 0 Å². The summed E-state index contributed by atoms with van der Waals surface area (Å²) < 4.78 is 0. The maximum Gasteiger partial charge on any atom is 0.243 e. The Hall–Kier alpha value is -1.88. The zero-order valence-electron chi connectivity index (χ0n) is 8.93. The molecule has 1 aromatic carbocycles. The van der Waals surface area contributed by atoms with Crippen LogP contribution in [0, 0.1) is 0 Å². The molecule has 0 saturated heterocycles. The molecule has 0 heterocycles. The van der Waals surface area contributed by atoms with Crippen molar-refractivity contribution in [2.75, 3.05) is 0 Å². The number of rotatable bonds is 3. The summed E-state index contributed by atoms with van der Waals surface area (Å²) in [5.41, 5.74) is 6.43. The highest BCUT2D eigenvalue weighted by Crippen LogP contribution is 2.10. The monoisotopic (exact) mass is 222 g/mol. The molecule has 1 rings (SSSR count). The van der Waals surface area contributed by atoms with E-state index in [1.54, 1.807) is 12.1 Å². The Balaban J connectivity index is 2.57. The second kappa shape index (κ2) is 5.27. The van der Waals surface area contributed by atoms with Crippen molar-refractivity contribution in [2.24, 2.45) is 5.73 Å². The molecule has 0 aliphatic heterocycles. The van der Waals surface area contributed by atoms with E-state index in [0.29, 0.717) is 6.42 Å². The Morgan fingerprint density at radius 3 is 2.44 bits per heavy atom. The fraction of sp³-hybridized carbons (Fsp3) is 0.273.